The van der Waals surface area contributed by atoms with Gasteiger partial charge in [0.25, 0.3) is 11.5 Å². The van der Waals surface area contributed by atoms with Crippen molar-refractivity contribution < 1.29 is 24.0 Å². The standard InChI is InChI=1S/C21H16N8O6S/c1-12(30)14-6-17-18(35-11-34-17)7-15(14)24-19(31)9-36-21-26-25-20-27(10-23-28(20)21)22-8-13-4-2-3-5-16(13)29(32)33/h2-8,10H,9,11H2,1H3,(H,24,31). The highest BCUT2D eigenvalue weighted by molar-refractivity contribution is 7.99. The van der Waals surface area contributed by atoms with Crippen molar-refractivity contribution >= 4 is 46.8 Å². The van der Waals surface area contributed by atoms with E-state index < -0.39 is 4.92 Å². The molecule has 0 saturated carbocycles. The first-order chi connectivity index (χ1) is 17.4. The Balaban J connectivity index is 1.28. The van der Waals surface area contributed by atoms with Crippen LogP contribution in [-0.2, 0) is 4.79 Å². The Hall–Kier alpha value is -4.79. The number of nitrogens with zero attached hydrogens (tertiary/aromatic N) is 7. The SMILES string of the molecule is CC(=O)c1cc2c(cc1NC(=O)CSc1nnc3n(N=Cc4ccccc4[N+](=O)[O-])cnn13)OCO2. The fourth-order valence-corrected chi connectivity index (χ4v) is 4.05. The first kappa shape index (κ1) is 23.0. The van der Waals surface area contributed by atoms with E-state index in [1.54, 1.807) is 24.3 Å². The van der Waals surface area contributed by atoms with Crippen molar-refractivity contribution in [1.82, 2.24) is 24.5 Å². The number of aromatic nitrogens is 5. The third-order valence-corrected chi connectivity index (χ3v) is 5.95. The summed E-state index contributed by atoms with van der Waals surface area (Å²) >= 11 is 1.08. The van der Waals surface area contributed by atoms with Gasteiger partial charge in [0.1, 0.15) is 6.33 Å². The van der Waals surface area contributed by atoms with Gasteiger partial charge < -0.3 is 14.8 Å². The average molecular weight is 508 g/mol. The van der Waals surface area contributed by atoms with Crippen molar-refractivity contribution in [2.75, 3.05) is 17.9 Å². The zero-order chi connectivity index (χ0) is 25.2. The molecule has 2 aromatic carbocycles. The van der Waals surface area contributed by atoms with Crippen molar-refractivity contribution in [2.45, 2.75) is 12.1 Å². The third-order valence-electron chi connectivity index (χ3n) is 5.03. The van der Waals surface area contributed by atoms with Crippen molar-refractivity contribution in [2.24, 2.45) is 5.10 Å². The molecule has 0 fully saturated rings. The molecular weight excluding hydrogens is 492 g/mol. The van der Waals surface area contributed by atoms with Crippen LogP contribution in [0.1, 0.15) is 22.8 Å². The Morgan fingerprint density at radius 1 is 1.25 bits per heavy atom. The van der Waals surface area contributed by atoms with Crippen LogP contribution in [0.5, 0.6) is 11.5 Å². The van der Waals surface area contributed by atoms with E-state index in [2.05, 4.69) is 25.7 Å². The van der Waals surface area contributed by atoms with Crippen LogP contribution >= 0.6 is 11.8 Å². The largest absolute Gasteiger partial charge is 0.454 e. The molecule has 0 saturated heterocycles. The van der Waals surface area contributed by atoms with Crippen LogP contribution in [0.25, 0.3) is 5.78 Å². The van der Waals surface area contributed by atoms with Gasteiger partial charge in [0.05, 0.1) is 28.1 Å². The molecule has 182 valence electrons. The average Bonchev–Trinajstić information content (AvgIpc) is 3.58. The van der Waals surface area contributed by atoms with Crippen molar-refractivity contribution in [1.29, 1.82) is 0 Å². The second kappa shape index (κ2) is 9.46. The summed E-state index contributed by atoms with van der Waals surface area (Å²) in [6.45, 7) is 1.44. The molecule has 1 N–H and O–H groups in total. The van der Waals surface area contributed by atoms with Crippen LogP contribution in [0.2, 0.25) is 0 Å². The van der Waals surface area contributed by atoms with E-state index in [0.29, 0.717) is 33.5 Å². The van der Waals surface area contributed by atoms with Crippen LogP contribution < -0.4 is 14.8 Å². The number of anilines is 1. The van der Waals surface area contributed by atoms with E-state index in [-0.39, 0.29) is 35.7 Å². The summed E-state index contributed by atoms with van der Waals surface area (Å²) in [6, 6.07) is 9.26. The molecule has 0 bridgehead atoms. The summed E-state index contributed by atoms with van der Waals surface area (Å²) in [7, 11) is 0. The molecule has 15 heteroatoms. The van der Waals surface area contributed by atoms with Gasteiger partial charge in [-0.2, -0.15) is 19.4 Å². The second-order valence-electron chi connectivity index (χ2n) is 7.37. The van der Waals surface area contributed by atoms with Crippen LogP contribution in [0.3, 0.4) is 0 Å². The molecule has 1 aliphatic rings. The number of benzene rings is 2. The Morgan fingerprint density at radius 2 is 2.03 bits per heavy atom. The van der Waals surface area contributed by atoms with Gasteiger partial charge in [-0.1, -0.05) is 23.9 Å². The predicted octanol–water partition coefficient (Wildman–Crippen LogP) is 2.38. The summed E-state index contributed by atoms with van der Waals surface area (Å²) in [4.78, 5) is 35.3. The summed E-state index contributed by atoms with van der Waals surface area (Å²) < 4.78 is 13.3. The zero-order valence-corrected chi connectivity index (χ0v) is 19.3. The number of thioether (sulfide) groups is 1. The number of nitro benzene ring substituents is 1. The quantitative estimate of drug-likeness (QED) is 0.123. The Labute approximate surface area is 206 Å². The van der Waals surface area contributed by atoms with Gasteiger partial charge in [-0.15, -0.1) is 10.2 Å². The molecule has 0 atom stereocenters. The van der Waals surface area contributed by atoms with Gasteiger partial charge >= 0.3 is 0 Å². The number of nitrogens with one attached hydrogen (secondary N) is 1. The second-order valence-corrected chi connectivity index (χ2v) is 8.32. The molecular formula is C21H16N8O6S. The number of hydrogen-bond acceptors (Lipinski definition) is 11. The maximum atomic E-state index is 12.6. The first-order valence-corrected chi connectivity index (χ1v) is 11.3. The smallest absolute Gasteiger partial charge is 0.278 e. The Bertz CT molecular complexity index is 1540. The highest BCUT2D eigenvalue weighted by Crippen LogP contribution is 2.37. The Morgan fingerprint density at radius 3 is 2.81 bits per heavy atom. The van der Waals surface area contributed by atoms with Crippen LogP contribution in [-0.4, -0.2) is 59.9 Å². The Kier molecular flexibility index (Phi) is 6.03. The van der Waals surface area contributed by atoms with E-state index >= 15 is 0 Å². The van der Waals surface area contributed by atoms with E-state index in [0.717, 1.165) is 11.8 Å². The number of ketones is 1. The molecule has 1 amide bonds. The highest BCUT2D eigenvalue weighted by atomic mass is 32.2. The van der Waals surface area contributed by atoms with Crippen LogP contribution in [0.15, 0.2) is 53.0 Å². The number of carbonyl (C=O) groups excluding carboxylic acids is 2. The number of fused-ring (bicyclic) bond motifs is 2. The number of amides is 1. The van der Waals surface area contributed by atoms with E-state index in [4.69, 9.17) is 9.47 Å². The normalized spacial score (nSPS) is 12.4. The number of para-hydroxylation sites is 1. The molecule has 0 aliphatic carbocycles. The fourth-order valence-electron chi connectivity index (χ4n) is 3.37. The number of ether oxygens (including phenoxy) is 2. The van der Waals surface area contributed by atoms with Gasteiger partial charge in [-0.05, 0) is 19.1 Å². The van der Waals surface area contributed by atoms with Gasteiger partial charge in [-0.3, -0.25) is 19.7 Å². The number of carbonyl (C=O) groups is 2. The first-order valence-electron chi connectivity index (χ1n) is 10.3. The lowest BCUT2D eigenvalue weighted by Gasteiger charge is -2.10. The van der Waals surface area contributed by atoms with Gasteiger partial charge in [-0.25, -0.2) is 0 Å². The minimum Gasteiger partial charge on any atom is -0.454 e. The maximum Gasteiger partial charge on any atom is 0.278 e. The van der Waals surface area contributed by atoms with Crippen molar-refractivity contribution in [3.8, 4) is 11.5 Å². The minimum atomic E-state index is -0.495. The fraction of sp³-hybridized carbons (Fsp3) is 0.143. The highest BCUT2D eigenvalue weighted by Gasteiger charge is 2.21. The number of hydrogen-bond donors (Lipinski definition) is 1. The lowest BCUT2D eigenvalue weighted by molar-refractivity contribution is -0.385. The van der Waals surface area contributed by atoms with Crippen LogP contribution in [0, 0.1) is 10.1 Å². The molecule has 3 heterocycles. The minimum absolute atomic E-state index is 0.0427. The molecule has 36 heavy (non-hydrogen) atoms. The summed E-state index contributed by atoms with van der Waals surface area (Å²) in [5.74, 6) is 0.475. The predicted molar refractivity (Wildman–Crippen MR) is 127 cm³/mol. The van der Waals surface area contributed by atoms with Crippen LogP contribution in [0.4, 0.5) is 11.4 Å². The molecule has 4 aromatic rings. The molecule has 0 spiro atoms. The third kappa shape index (κ3) is 4.46. The van der Waals surface area contributed by atoms with Crippen molar-refractivity contribution in [3.63, 3.8) is 0 Å². The molecule has 2 aromatic heterocycles. The molecule has 0 unspecified atom stereocenters. The van der Waals surface area contributed by atoms with Gasteiger partial charge in [0, 0.05) is 17.7 Å². The topological polar surface area (TPSA) is 168 Å². The lowest BCUT2D eigenvalue weighted by Crippen LogP contribution is -2.16. The summed E-state index contributed by atoms with van der Waals surface area (Å²) in [5.41, 5.74) is 0.847. The molecule has 5 rings (SSSR count). The lowest BCUT2D eigenvalue weighted by atomic mass is 10.1. The molecule has 1 aliphatic heterocycles. The number of rotatable bonds is 8. The summed E-state index contributed by atoms with van der Waals surface area (Å²) in [6.07, 6.45) is 2.69. The number of Topliss-reactive ketones (excluding diaryl/α,β-unsaturated/α-hetero) is 1. The monoisotopic (exact) mass is 508 g/mol. The van der Waals surface area contributed by atoms with E-state index in [9.17, 15) is 19.7 Å². The van der Waals surface area contributed by atoms with E-state index in [1.807, 2.05) is 0 Å². The van der Waals surface area contributed by atoms with Gasteiger partial charge in [0.15, 0.2) is 17.3 Å². The van der Waals surface area contributed by atoms with Gasteiger partial charge in [0.2, 0.25) is 17.9 Å². The van der Waals surface area contributed by atoms with Crippen molar-refractivity contribution in [3.05, 3.63) is 64.0 Å². The number of nitro groups is 1. The molecule has 0 radical (unpaired) electrons. The zero-order valence-electron chi connectivity index (χ0n) is 18.5. The summed E-state index contributed by atoms with van der Waals surface area (Å²) in [5, 5.41) is 30.6. The maximum absolute atomic E-state index is 12.6. The molecule has 14 nitrogen and oxygen atoms in total. The van der Waals surface area contributed by atoms with E-state index in [1.165, 1.54) is 40.8 Å².